The highest BCUT2D eigenvalue weighted by atomic mass is 32.1. The minimum Gasteiger partial charge on any atom is -0.456 e. The molecule has 4 heterocycles. The lowest BCUT2D eigenvalue weighted by molar-refractivity contribution is 0.669. The Morgan fingerprint density at radius 3 is 1.74 bits per heavy atom. The van der Waals surface area contributed by atoms with Crippen LogP contribution in [0.5, 0.6) is 0 Å². The van der Waals surface area contributed by atoms with Gasteiger partial charge in [-0.1, -0.05) is 164 Å². The lowest BCUT2D eigenvalue weighted by Crippen LogP contribution is -2.74. The molecule has 0 atom stereocenters. The van der Waals surface area contributed by atoms with Crippen molar-refractivity contribution in [1.82, 2.24) is 9.13 Å². The first-order valence-electron chi connectivity index (χ1n) is 22.3. The summed E-state index contributed by atoms with van der Waals surface area (Å²) in [4.78, 5) is 0. The van der Waals surface area contributed by atoms with E-state index in [0.29, 0.717) is 0 Å². The van der Waals surface area contributed by atoms with Gasteiger partial charge in [0.05, 0.1) is 27.8 Å². The van der Waals surface area contributed by atoms with Crippen molar-refractivity contribution in [3.8, 4) is 11.4 Å². The van der Waals surface area contributed by atoms with Crippen LogP contribution in [0.1, 0.15) is 0 Å². The van der Waals surface area contributed by atoms with Gasteiger partial charge in [0, 0.05) is 58.2 Å². The van der Waals surface area contributed by atoms with Gasteiger partial charge in [-0.2, -0.15) is 0 Å². The molecular weight excluding hydrogens is 825 g/mol. The second-order valence-electron chi connectivity index (χ2n) is 17.1. The summed E-state index contributed by atoms with van der Waals surface area (Å²) in [7, 11) is -3.06. The number of fused-ring (bicyclic) bond motifs is 12. The van der Waals surface area contributed by atoms with Crippen molar-refractivity contribution >= 4 is 126 Å². The molecule has 65 heavy (non-hydrogen) atoms. The number of nitrogens with zero attached hydrogens (tertiary/aromatic N) is 2. The van der Waals surface area contributed by atoms with Gasteiger partial charge in [-0.15, -0.1) is 11.3 Å². The number of furan rings is 1. The average Bonchev–Trinajstić information content (AvgIpc) is 4.13. The SMILES string of the molecule is c1ccc([Si](c2ccccc2)(c2ccc3oc4ccccc4c3c2)c2cccc3c2c2ccccc2n3-c2ccc3c(c2)c2ccccc2n3-c2cccc3sc4ccccc4c23)cc1. The van der Waals surface area contributed by atoms with Crippen molar-refractivity contribution in [1.29, 1.82) is 0 Å². The van der Waals surface area contributed by atoms with E-state index in [9.17, 15) is 0 Å². The van der Waals surface area contributed by atoms with E-state index in [4.69, 9.17) is 4.42 Å². The number of rotatable bonds is 6. The standard InChI is InChI=1S/C60H38N2OSSi/c1-3-17-40(18-4-1)65(41-19-5-2-6-20-41,42-34-36-55-48(38-42)44-22-9-13-29-54(44)63-55)58-32-16-28-53-60(58)45-23-8-12-26-50(45)61(53)39-33-35-51-47(37-39)43-21-7-11-25-49(43)62(51)52-27-15-31-57-59(52)46-24-10-14-30-56(46)64-57/h1-38H. The third kappa shape index (κ3) is 5.16. The van der Waals surface area contributed by atoms with Crippen LogP contribution in [0.2, 0.25) is 0 Å². The van der Waals surface area contributed by atoms with Crippen LogP contribution >= 0.6 is 11.3 Å². The van der Waals surface area contributed by atoms with Gasteiger partial charge in [0.25, 0.3) is 0 Å². The fraction of sp³-hybridized carbons (Fsp3) is 0. The Bertz CT molecular complexity index is 4160. The van der Waals surface area contributed by atoms with Crippen molar-refractivity contribution in [3.05, 3.63) is 231 Å². The predicted octanol–water partition coefficient (Wildman–Crippen LogP) is 13.5. The van der Waals surface area contributed by atoms with Crippen LogP contribution in [0.25, 0.3) is 97.1 Å². The summed E-state index contributed by atoms with van der Waals surface area (Å²) >= 11 is 1.87. The molecule has 0 unspecified atom stereocenters. The van der Waals surface area contributed by atoms with E-state index in [-0.39, 0.29) is 0 Å². The largest absolute Gasteiger partial charge is 0.456 e. The van der Waals surface area contributed by atoms with Crippen molar-refractivity contribution in [3.63, 3.8) is 0 Å². The molecule has 0 aliphatic rings. The number of thiophene rings is 1. The van der Waals surface area contributed by atoms with Gasteiger partial charge in [0.15, 0.2) is 8.07 Å². The molecule has 0 amide bonds. The number of aromatic nitrogens is 2. The summed E-state index contributed by atoms with van der Waals surface area (Å²) < 4.78 is 14.1. The predicted molar refractivity (Wildman–Crippen MR) is 279 cm³/mol. The zero-order valence-corrected chi connectivity index (χ0v) is 37.0. The van der Waals surface area contributed by atoms with Gasteiger partial charge in [-0.25, -0.2) is 0 Å². The lowest BCUT2D eigenvalue weighted by Gasteiger charge is -2.35. The van der Waals surface area contributed by atoms with Crippen molar-refractivity contribution in [2.75, 3.05) is 0 Å². The summed E-state index contributed by atoms with van der Waals surface area (Å²) in [6.45, 7) is 0. The summed E-state index contributed by atoms with van der Waals surface area (Å²) in [6.07, 6.45) is 0. The molecule has 5 heteroatoms. The lowest BCUT2D eigenvalue weighted by atomic mass is 10.1. The van der Waals surface area contributed by atoms with Gasteiger partial charge in [0.1, 0.15) is 11.2 Å². The van der Waals surface area contributed by atoms with Gasteiger partial charge >= 0.3 is 0 Å². The molecule has 3 nitrogen and oxygen atoms in total. The third-order valence-corrected chi connectivity index (χ3v) is 19.8. The zero-order chi connectivity index (χ0) is 42.6. The van der Waals surface area contributed by atoms with E-state index < -0.39 is 8.07 Å². The van der Waals surface area contributed by atoms with Gasteiger partial charge in [0.2, 0.25) is 0 Å². The minimum atomic E-state index is -3.06. The first-order chi connectivity index (χ1) is 32.3. The molecule has 0 aliphatic heterocycles. The topological polar surface area (TPSA) is 23.0 Å². The Balaban J connectivity index is 1.07. The molecule has 0 saturated carbocycles. The maximum Gasteiger partial charge on any atom is 0.180 e. The Morgan fingerprint density at radius 1 is 0.338 bits per heavy atom. The molecule has 304 valence electrons. The molecule has 0 fully saturated rings. The molecule has 0 saturated heterocycles. The third-order valence-electron chi connectivity index (χ3n) is 13.9. The molecule has 0 bridgehead atoms. The molecular formula is C60H38N2OSSi. The summed E-state index contributed by atoms with van der Waals surface area (Å²) in [6, 6.07) is 85.6. The molecule has 0 spiro atoms. The van der Waals surface area contributed by atoms with Crippen LogP contribution < -0.4 is 20.7 Å². The first-order valence-corrected chi connectivity index (χ1v) is 25.1. The molecule has 0 N–H and O–H groups in total. The summed E-state index contributed by atoms with van der Waals surface area (Å²) in [5.74, 6) is 0. The smallest absolute Gasteiger partial charge is 0.180 e. The monoisotopic (exact) mass is 862 g/mol. The van der Waals surface area contributed by atoms with Crippen LogP contribution in [0.4, 0.5) is 0 Å². The van der Waals surface area contributed by atoms with Crippen LogP contribution in [0, 0.1) is 0 Å². The van der Waals surface area contributed by atoms with Crippen LogP contribution in [-0.2, 0) is 0 Å². The maximum atomic E-state index is 6.44. The van der Waals surface area contributed by atoms with Crippen molar-refractivity contribution in [2.45, 2.75) is 0 Å². The molecule has 0 aliphatic carbocycles. The number of benzene rings is 10. The Hall–Kier alpha value is -7.96. The van der Waals surface area contributed by atoms with E-state index in [0.717, 1.165) is 27.6 Å². The van der Waals surface area contributed by atoms with E-state index in [1.54, 1.807) is 0 Å². The van der Waals surface area contributed by atoms with Crippen LogP contribution in [0.15, 0.2) is 235 Å². The van der Waals surface area contributed by atoms with Crippen molar-refractivity contribution in [2.24, 2.45) is 0 Å². The summed E-state index contributed by atoms with van der Waals surface area (Å²) in [5, 5.41) is 15.3. The minimum absolute atomic E-state index is 0.908. The number of hydrogen-bond acceptors (Lipinski definition) is 2. The van der Waals surface area contributed by atoms with E-state index in [2.05, 4.69) is 240 Å². The number of hydrogen-bond donors (Lipinski definition) is 0. The van der Waals surface area contributed by atoms with Crippen molar-refractivity contribution < 1.29 is 4.42 Å². The Labute approximate surface area is 379 Å². The highest BCUT2D eigenvalue weighted by Crippen LogP contribution is 2.42. The molecule has 10 aromatic carbocycles. The highest BCUT2D eigenvalue weighted by Gasteiger charge is 2.43. The fourth-order valence-corrected chi connectivity index (χ4v) is 17.3. The molecule has 14 aromatic rings. The zero-order valence-electron chi connectivity index (χ0n) is 35.2. The summed E-state index contributed by atoms with van der Waals surface area (Å²) in [5.41, 5.74) is 8.95. The average molecular weight is 863 g/mol. The van der Waals surface area contributed by atoms with Crippen LogP contribution in [-0.4, -0.2) is 17.2 Å². The highest BCUT2D eigenvalue weighted by molar-refractivity contribution is 7.26. The van der Waals surface area contributed by atoms with Gasteiger partial charge in [-0.05, 0) is 87.5 Å². The van der Waals surface area contributed by atoms with Gasteiger partial charge in [-0.3, -0.25) is 0 Å². The number of para-hydroxylation sites is 3. The Kier molecular flexibility index (Phi) is 7.87. The van der Waals surface area contributed by atoms with Crippen LogP contribution in [0.3, 0.4) is 0 Å². The molecule has 14 rings (SSSR count). The second kappa shape index (κ2) is 14.0. The fourth-order valence-electron chi connectivity index (χ4n) is 11.2. The van der Waals surface area contributed by atoms with Gasteiger partial charge < -0.3 is 13.6 Å². The van der Waals surface area contributed by atoms with E-state index in [1.807, 2.05) is 11.3 Å². The maximum absolute atomic E-state index is 6.44. The Morgan fingerprint density at radius 2 is 0.938 bits per heavy atom. The van der Waals surface area contributed by atoms with E-state index in [1.165, 1.54) is 90.2 Å². The quantitative estimate of drug-likeness (QED) is 0.121. The normalized spacial score (nSPS) is 12.3. The second-order valence-corrected chi connectivity index (χ2v) is 22.0. The molecule has 0 radical (unpaired) electrons. The molecule has 4 aromatic heterocycles. The first kappa shape index (κ1) is 36.5. The van der Waals surface area contributed by atoms with E-state index >= 15 is 0 Å².